The van der Waals surface area contributed by atoms with Crippen LogP contribution in [0.1, 0.15) is 64.5 Å². The Bertz CT molecular complexity index is 1260. The number of ether oxygens (including phenoxy) is 2. The van der Waals surface area contributed by atoms with Gasteiger partial charge in [-0.25, -0.2) is 4.39 Å². The molecule has 1 saturated carbocycles. The first kappa shape index (κ1) is 26.7. The highest BCUT2D eigenvalue weighted by atomic mass is 19.3. The number of hydrogen-bond donors (Lipinski definition) is 3. The predicted molar refractivity (Wildman–Crippen MR) is 134 cm³/mol. The number of fused-ring (bicyclic) bond motifs is 1. The molecule has 4 rings (SSSR count). The average Bonchev–Trinajstić information content (AvgIpc) is 3.60. The second-order valence-corrected chi connectivity index (χ2v) is 10.2. The van der Waals surface area contributed by atoms with E-state index < -0.39 is 29.5 Å². The molecule has 1 fully saturated rings. The molecule has 3 N–H and O–H groups in total. The van der Waals surface area contributed by atoms with Crippen molar-refractivity contribution in [2.75, 3.05) is 17.2 Å². The molecule has 2 aliphatic rings. The molecular formula is C28H31F3N2O4. The van der Waals surface area contributed by atoms with E-state index in [-0.39, 0.29) is 29.1 Å². The Morgan fingerprint density at radius 1 is 1.14 bits per heavy atom. The van der Waals surface area contributed by atoms with E-state index in [1.165, 1.54) is 24.3 Å². The number of carbonyl (C=O) groups is 1. The Kier molecular flexibility index (Phi) is 7.08. The highest BCUT2D eigenvalue weighted by Crippen LogP contribution is 2.52. The summed E-state index contributed by atoms with van der Waals surface area (Å²) in [6.45, 7) is 8.08. The van der Waals surface area contributed by atoms with Gasteiger partial charge in [-0.2, -0.15) is 0 Å². The van der Waals surface area contributed by atoms with Gasteiger partial charge in [0.1, 0.15) is 5.82 Å². The van der Waals surface area contributed by atoms with Crippen LogP contribution >= 0.6 is 0 Å². The van der Waals surface area contributed by atoms with Crippen molar-refractivity contribution in [2.24, 2.45) is 5.41 Å². The van der Waals surface area contributed by atoms with Gasteiger partial charge in [-0.05, 0) is 63.3 Å². The topological polar surface area (TPSA) is 79.8 Å². The van der Waals surface area contributed by atoms with Crippen LogP contribution in [0.15, 0.2) is 30.3 Å². The van der Waals surface area contributed by atoms with Gasteiger partial charge >= 0.3 is 6.29 Å². The van der Waals surface area contributed by atoms with E-state index in [0.29, 0.717) is 36.1 Å². The Morgan fingerprint density at radius 2 is 1.84 bits per heavy atom. The van der Waals surface area contributed by atoms with Gasteiger partial charge in [0.2, 0.25) is 5.91 Å². The van der Waals surface area contributed by atoms with Crippen molar-refractivity contribution in [3.05, 3.63) is 47.3 Å². The molecule has 0 bridgehead atoms. The number of hydrogen-bond acceptors (Lipinski definition) is 5. The van der Waals surface area contributed by atoms with Crippen LogP contribution in [0.25, 0.3) is 0 Å². The standard InChI is InChI=1S/C28H31F3N2O4/c1-5-19(34)16-32-21-15-20(29)22(13-17(21)9-10-26(3,4)6-2)33-25(35)27(11-12-27)18-7-8-23-24(14-18)37-28(30,31)36-23/h7-8,13-15,19,32,34H,5-6,11-12,16H2,1-4H3,(H,33,35)/t19-/m0/s1. The smallest absolute Gasteiger partial charge is 0.395 e. The molecule has 9 heteroatoms. The van der Waals surface area contributed by atoms with Crippen molar-refractivity contribution >= 4 is 17.3 Å². The third-order valence-corrected chi connectivity index (χ3v) is 6.91. The van der Waals surface area contributed by atoms with Crippen LogP contribution in [-0.4, -0.2) is 30.0 Å². The molecule has 1 heterocycles. The molecule has 0 unspecified atom stereocenters. The van der Waals surface area contributed by atoms with Crippen LogP contribution in [0.2, 0.25) is 0 Å². The number of anilines is 2. The van der Waals surface area contributed by atoms with Gasteiger partial charge in [0.15, 0.2) is 11.5 Å². The molecule has 0 radical (unpaired) electrons. The van der Waals surface area contributed by atoms with E-state index >= 15 is 4.39 Å². The maximum Gasteiger partial charge on any atom is 0.586 e. The number of aliphatic hydroxyl groups excluding tert-OH is 1. The third kappa shape index (κ3) is 5.80. The lowest BCUT2D eigenvalue weighted by atomic mass is 9.91. The molecule has 0 aromatic heterocycles. The zero-order valence-electron chi connectivity index (χ0n) is 21.3. The lowest BCUT2D eigenvalue weighted by Crippen LogP contribution is -2.28. The number of rotatable bonds is 8. The van der Waals surface area contributed by atoms with E-state index in [4.69, 9.17) is 0 Å². The number of nitrogens with one attached hydrogen (secondary N) is 2. The summed E-state index contributed by atoms with van der Waals surface area (Å²) in [5.41, 5.74) is 0.0929. The lowest BCUT2D eigenvalue weighted by Gasteiger charge is -2.19. The predicted octanol–water partition coefficient (Wildman–Crippen LogP) is 5.79. The first-order valence-electron chi connectivity index (χ1n) is 12.4. The summed E-state index contributed by atoms with van der Waals surface area (Å²) in [5.74, 6) is 4.92. The molecule has 0 saturated heterocycles. The summed E-state index contributed by atoms with van der Waals surface area (Å²) in [6, 6.07) is 6.98. The van der Waals surface area contributed by atoms with Crippen LogP contribution in [0.5, 0.6) is 11.5 Å². The van der Waals surface area contributed by atoms with Gasteiger partial charge in [-0.15, -0.1) is 8.78 Å². The minimum Gasteiger partial charge on any atom is -0.395 e. The second kappa shape index (κ2) is 9.82. The largest absolute Gasteiger partial charge is 0.586 e. The number of alkyl halides is 2. The third-order valence-electron chi connectivity index (χ3n) is 6.91. The molecule has 1 amide bonds. The minimum atomic E-state index is -3.75. The van der Waals surface area contributed by atoms with Gasteiger partial charge in [-0.3, -0.25) is 4.79 Å². The zero-order chi connectivity index (χ0) is 27.0. The Balaban J connectivity index is 1.61. The van der Waals surface area contributed by atoms with Gasteiger partial charge in [0, 0.05) is 23.6 Å². The molecule has 37 heavy (non-hydrogen) atoms. The maximum absolute atomic E-state index is 15.1. The monoisotopic (exact) mass is 516 g/mol. The Labute approximate surface area is 214 Å². The van der Waals surface area contributed by atoms with Crippen molar-refractivity contribution in [3.63, 3.8) is 0 Å². The fraction of sp³-hybridized carbons (Fsp3) is 0.464. The van der Waals surface area contributed by atoms with Crippen LogP contribution in [0.4, 0.5) is 24.5 Å². The number of amides is 1. The molecule has 1 aliphatic carbocycles. The van der Waals surface area contributed by atoms with Crippen LogP contribution in [-0.2, 0) is 10.2 Å². The highest BCUT2D eigenvalue weighted by Gasteiger charge is 2.53. The van der Waals surface area contributed by atoms with E-state index in [0.717, 1.165) is 6.42 Å². The summed E-state index contributed by atoms with van der Waals surface area (Å²) in [6.07, 6.45) is -2.06. The summed E-state index contributed by atoms with van der Waals surface area (Å²) in [7, 11) is 0. The molecule has 2 aromatic carbocycles. The fourth-order valence-corrected chi connectivity index (χ4v) is 3.88. The number of aliphatic hydroxyl groups is 1. The molecule has 0 spiro atoms. The summed E-state index contributed by atoms with van der Waals surface area (Å²) < 4.78 is 50.9. The molecule has 1 aliphatic heterocycles. The Morgan fingerprint density at radius 3 is 2.49 bits per heavy atom. The number of benzene rings is 2. The molecule has 198 valence electrons. The van der Waals surface area contributed by atoms with Gasteiger partial charge < -0.3 is 25.2 Å². The first-order chi connectivity index (χ1) is 17.4. The molecular weight excluding hydrogens is 485 g/mol. The normalized spacial score (nSPS) is 17.4. The fourth-order valence-electron chi connectivity index (χ4n) is 3.88. The summed E-state index contributed by atoms with van der Waals surface area (Å²) in [4.78, 5) is 13.3. The van der Waals surface area contributed by atoms with Gasteiger partial charge in [0.25, 0.3) is 0 Å². The van der Waals surface area contributed by atoms with Crippen LogP contribution in [0, 0.1) is 23.1 Å². The molecule has 1 atom stereocenters. The van der Waals surface area contributed by atoms with E-state index in [1.54, 1.807) is 6.07 Å². The lowest BCUT2D eigenvalue weighted by molar-refractivity contribution is -0.286. The van der Waals surface area contributed by atoms with Crippen molar-refractivity contribution in [3.8, 4) is 23.3 Å². The van der Waals surface area contributed by atoms with Crippen molar-refractivity contribution in [2.45, 2.75) is 71.2 Å². The molecule has 2 aromatic rings. The molecule has 6 nitrogen and oxygen atoms in total. The average molecular weight is 517 g/mol. The Hall–Kier alpha value is -3.38. The maximum atomic E-state index is 15.1. The summed E-state index contributed by atoms with van der Waals surface area (Å²) >= 11 is 0. The van der Waals surface area contributed by atoms with E-state index in [1.807, 2.05) is 27.7 Å². The zero-order valence-corrected chi connectivity index (χ0v) is 21.3. The summed E-state index contributed by atoms with van der Waals surface area (Å²) in [5, 5.41) is 15.7. The van der Waals surface area contributed by atoms with Crippen LogP contribution < -0.4 is 20.1 Å². The van der Waals surface area contributed by atoms with Gasteiger partial charge in [-0.1, -0.05) is 31.8 Å². The van der Waals surface area contributed by atoms with Crippen molar-refractivity contribution in [1.29, 1.82) is 0 Å². The van der Waals surface area contributed by atoms with Crippen LogP contribution in [0.3, 0.4) is 0 Å². The van der Waals surface area contributed by atoms with Gasteiger partial charge in [0.05, 0.1) is 22.9 Å². The highest BCUT2D eigenvalue weighted by molar-refractivity contribution is 6.02. The number of halogens is 3. The quantitative estimate of drug-likeness (QED) is 0.387. The van der Waals surface area contributed by atoms with Crippen molar-refractivity contribution < 1.29 is 32.5 Å². The van der Waals surface area contributed by atoms with Crippen molar-refractivity contribution in [1.82, 2.24) is 0 Å². The first-order valence-corrected chi connectivity index (χ1v) is 12.4. The SMILES string of the molecule is CC[C@H](O)CNc1cc(F)c(NC(=O)C2(c3ccc4c(c3)OC(F)(F)O4)CC2)cc1C#CC(C)(C)CC. The minimum absolute atomic E-state index is 0.0382. The number of carbonyl (C=O) groups excluding carboxylic acids is 1. The second-order valence-electron chi connectivity index (χ2n) is 10.2. The van der Waals surface area contributed by atoms with E-state index in [9.17, 15) is 18.7 Å². The van der Waals surface area contributed by atoms with E-state index in [2.05, 4.69) is 31.9 Å².